The van der Waals surface area contributed by atoms with Gasteiger partial charge in [-0.25, -0.2) is 4.63 Å². The third-order valence-electron chi connectivity index (χ3n) is 3.66. The molecule has 0 unspecified atom stereocenters. The first-order valence-corrected chi connectivity index (χ1v) is 9.17. The van der Waals surface area contributed by atoms with Crippen molar-refractivity contribution in [1.29, 1.82) is 0 Å². The fourth-order valence-corrected chi connectivity index (χ4v) is 4.06. The number of nitrogens with zero attached hydrogens (tertiary/aromatic N) is 5. The number of nitrogen functional groups attached to an aromatic ring is 1. The van der Waals surface area contributed by atoms with E-state index in [0.717, 1.165) is 26.7 Å². The Labute approximate surface area is 155 Å². The standard InChI is InChI=1S/C14H13BrN6O3S/c1-2-21-13(11-12(16)20-24-19-11)17-18-14(21)25-5-7-3-9-10(4-8(7)15)23-6-22-9/h3-4H,2,5-6H2,1H3,(H2,16,20). The molecule has 25 heavy (non-hydrogen) atoms. The summed E-state index contributed by atoms with van der Waals surface area (Å²) in [5.74, 6) is 2.90. The van der Waals surface area contributed by atoms with Gasteiger partial charge < -0.3 is 19.8 Å². The molecule has 11 heteroatoms. The molecule has 2 aromatic heterocycles. The molecule has 2 N–H and O–H groups in total. The number of ether oxygens (including phenoxy) is 2. The molecule has 9 nitrogen and oxygen atoms in total. The van der Waals surface area contributed by atoms with Gasteiger partial charge in [0.15, 0.2) is 34.0 Å². The highest BCUT2D eigenvalue weighted by molar-refractivity contribution is 9.10. The Morgan fingerprint density at radius 2 is 2.04 bits per heavy atom. The van der Waals surface area contributed by atoms with Crippen LogP contribution in [0.4, 0.5) is 5.82 Å². The van der Waals surface area contributed by atoms with E-state index in [9.17, 15) is 0 Å². The molecular weight excluding hydrogens is 412 g/mol. The SMILES string of the molecule is CCn1c(SCc2cc3c(cc2Br)OCO3)nnc1-c1nonc1N. The van der Waals surface area contributed by atoms with Crippen molar-refractivity contribution in [3.05, 3.63) is 22.2 Å². The third kappa shape index (κ3) is 2.93. The average Bonchev–Trinajstić information content (AvgIpc) is 3.31. The lowest BCUT2D eigenvalue weighted by Crippen LogP contribution is -2.01. The van der Waals surface area contributed by atoms with Crippen LogP contribution in [0.15, 0.2) is 26.4 Å². The number of thioether (sulfide) groups is 1. The molecule has 0 atom stereocenters. The van der Waals surface area contributed by atoms with Gasteiger partial charge in [0.2, 0.25) is 6.79 Å². The first-order valence-electron chi connectivity index (χ1n) is 7.39. The highest BCUT2D eigenvalue weighted by atomic mass is 79.9. The Kier molecular flexibility index (Phi) is 4.25. The lowest BCUT2D eigenvalue weighted by molar-refractivity contribution is 0.174. The molecule has 0 saturated heterocycles. The minimum atomic E-state index is 0.192. The summed E-state index contributed by atoms with van der Waals surface area (Å²) in [6.07, 6.45) is 0. The van der Waals surface area contributed by atoms with Gasteiger partial charge >= 0.3 is 0 Å². The van der Waals surface area contributed by atoms with Gasteiger partial charge in [-0.05, 0) is 34.9 Å². The first-order chi connectivity index (χ1) is 12.2. The Bertz CT molecular complexity index is 927. The van der Waals surface area contributed by atoms with Crippen molar-refractivity contribution in [3.8, 4) is 23.0 Å². The first kappa shape index (κ1) is 16.2. The Hall–Kier alpha value is -2.27. The number of hydrogen-bond donors (Lipinski definition) is 1. The maximum absolute atomic E-state index is 5.76. The smallest absolute Gasteiger partial charge is 0.231 e. The molecule has 0 bridgehead atoms. The van der Waals surface area contributed by atoms with E-state index in [1.165, 1.54) is 0 Å². The van der Waals surface area contributed by atoms with E-state index >= 15 is 0 Å². The quantitative estimate of drug-likeness (QED) is 0.616. The number of fused-ring (bicyclic) bond motifs is 1. The van der Waals surface area contributed by atoms with Crippen molar-refractivity contribution in [2.45, 2.75) is 24.4 Å². The molecule has 0 amide bonds. The summed E-state index contributed by atoms with van der Waals surface area (Å²) in [6, 6.07) is 3.88. The van der Waals surface area contributed by atoms with Gasteiger partial charge in [0.05, 0.1) is 0 Å². The number of hydrogen-bond acceptors (Lipinski definition) is 9. The highest BCUT2D eigenvalue weighted by Gasteiger charge is 2.21. The van der Waals surface area contributed by atoms with Crippen LogP contribution < -0.4 is 15.2 Å². The number of anilines is 1. The van der Waals surface area contributed by atoms with Crippen LogP contribution >= 0.6 is 27.7 Å². The number of rotatable bonds is 5. The van der Waals surface area contributed by atoms with Crippen LogP contribution in [0.25, 0.3) is 11.5 Å². The predicted octanol–water partition coefficient (Wildman–Crippen LogP) is 2.71. The van der Waals surface area contributed by atoms with Gasteiger partial charge in [0.25, 0.3) is 0 Å². The van der Waals surface area contributed by atoms with Crippen molar-refractivity contribution in [2.75, 3.05) is 12.5 Å². The molecular formula is C14H13BrN6O3S. The minimum absolute atomic E-state index is 0.192. The van der Waals surface area contributed by atoms with E-state index in [1.54, 1.807) is 11.8 Å². The normalized spacial score (nSPS) is 12.7. The lowest BCUT2D eigenvalue weighted by atomic mass is 10.2. The molecule has 0 fully saturated rings. The zero-order valence-corrected chi connectivity index (χ0v) is 15.5. The molecule has 130 valence electrons. The van der Waals surface area contributed by atoms with Crippen molar-refractivity contribution in [2.24, 2.45) is 0 Å². The lowest BCUT2D eigenvalue weighted by Gasteiger charge is -2.08. The topological polar surface area (TPSA) is 114 Å². The fraction of sp³-hybridized carbons (Fsp3) is 0.286. The van der Waals surface area contributed by atoms with Gasteiger partial charge in [-0.15, -0.1) is 10.2 Å². The van der Waals surface area contributed by atoms with E-state index < -0.39 is 0 Å². The van der Waals surface area contributed by atoms with Crippen molar-refractivity contribution in [3.63, 3.8) is 0 Å². The molecule has 0 radical (unpaired) electrons. The van der Waals surface area contributed by atoms with E-state index in [1.807, 2.05) is 23.6 Å². The van der Waals surface area contributed by atoms with Gasteiger partial charge in [0, 0.05) is 16.8 Å². The molecule has 0 aliphatic carbocycles. The summed E-state index contributed by atoms with van der Waals surface area (Å²) >= 11 is 5.12. The highest BCUT2D eigenvalue weighted by Crippen LogP contribution is 2.39. The Balaban J connectivity index is 1.58. The predicted molar refractivity (Wildman–Crippen MR) is 93.2 cm³/mol. The van der Waals surface area contributed by atoms with Crippen LogP contribution in [-0.4, -0.2) is 31.9 Å². The average molecular weight is 425 g/mol. The third-order valence-corrected chi connectivity index (χ3v) is 5.41. The summed E-state index contributed by atoms with van der Waals surface area (Å²) in [5.41, 5.74) is 7.22. The van der Waals surface area contributed by atoms with Crippen LogP contribution in [-0.2, 0) is 12.3 Å². The molecule has 0 spiro atoms. The zero-order chi connectivity index (χ0) is 17.4. The molecule has 1 aromatic carbocycles. The summed E-state index contributed by atoms with van der Waals surface area (Å²) < 4.78 is 18.3. The molecule has 3 heterocycles. The summed E-state index contributed by atoms with van der Waals surface area (Å²) in [7, 11) is 0. The molecule has 3 aromatic rings. The molecule has 1 aliphatic rings. The van der Waals surface area contributed by atoms with Crippen LogP contribution in [0.2, 0.25) is 0 Å². The second-order valence-electron chi connectivity index (χ2n) is 5.13. The maximum atomic E-state index is 5.76. The van der Waals surface area contributed by atoms with Crippen LogP contribution in [0.3, 0.4) is 0 Å². The number of nitrogens with two attached hydrogens (primary N) is 1. The van der Waals surface area contributed by atoms with Crippen LogP contribution in [0.5, 0.6) is 11.5 Å². The summed E-state index contributed by atoms with van der Waals surface area (Å²) in [6.45, 7) is 2.91. The van der Waals surface area contributed by atoms with Crippen molar-refractivity contribution < 1.29 is 14.1 Å². The molecule has 1 aliphatic heterocycles. The molecule has 0 saturated carbocycles. The van der Waals surface area contributed by atoms with Crippen molar-refractivity contribution in [1.82, 2.24) is 25.1 Å². The number of halogens is 1. The van der Waals surface area contributed by atoms with Crippen LogP contribution in [0, 0.1) is 0 Å². The fourth-order valence-electron chi connectivity index (χ4n) is 2.42. The van der Waals surface area contributed by atoms with E-state index in [0.29, 0.717) is 23.8 Å². The van der Waals surface area contributed by atoms with E-state index in [2.05, 4.69) is 41.1 Å². The van der Waals surface area contributed by atoms with Crippen molar-refractivity contribution >= 4 is 33.5 Å². The Morgan fingerprint density at radius 3 is 2.76 bits per heavy atom. The number of benzene rings is 1. The number of aromatic nitrogens is 5. The summed E-state index contributed by atoms with van der Waals surface area (Å²) in [4.78, 5) is 0. The monoisotopic (exact) mass is 424 g/mol. The van der Waals surface area contributed by atoms with E-state index in [4.69, 9.17) is 15.2 Å². The maximum Gasteiger partial charge on any atom is 0.231 e. The van der Waals surface area contributed by atoms with E-state index in [-0.39, 0.29) is 12.6 Å². The molecule has 4 rings (SSSR count). The van der Waals surface area contributed by atoms with Gasteiger partial charge in [-0.1, -0.05) is 27.7 Å². The second kappa shape index (κ2) is 6.56. The summed E-state index contributed by atoms with van der Waals surface area (Å²) in [5, 5.41) is 16.6. The van der Waals surface area contributed by atoms with Gasteiger partial charge in [-0.2, -0.15) is 0 Å². The largest absolute Gasteiger partial charge is 0.454 e. The second-order valence-corrected chi connectivity index (χ2v) is 6.93. The van der Waals surface area contributed by atoms with Gasteiger partial charge in [-0.3, -0.25) is 0 Å². The minimum Gasteiger partial charge on any atom is -0.454 e. The zero-order valence-electron chi connectivity index (χ0n) is 13.1. The van der Waals surface area contributed by atoms with Gasteiger partial charge in [0.1, 0.15) is 0 Å². The van der Waals surface area contributed by atoms with Crippen LogP contribution in [0.1, 0.15) is 12.5 Å². The Morgan fingerprint density at radius 1 is 1.24 bits per heavy atom.